The second kappa shape index (κ2) is 6.95. The quantitative estimate of drug-likeness (QED) is 0.791. The van der Waals surface area contributed by atoms with Crippen LogP contribution in [0.1, 0.15) is 22.6 Å². The molecule has 0 fully saturated rings. The molecule has 1 aliphatic heterocycles. The van der Waals surface area contributed by atoms with Crippen LogP contribution < -0.4 is 5.32 Å². The van der Waals surface area contributed by atoms with Crippen molar-refractivity contribution in [1.82, 2.24) is 19.2 Å². The average Bonchev–Trinajstić information content (AvgIpc) is 2.98. The highest BCUT2D eigenvalue weighted by molar-refractivity contribution is 7.89. The molecule has 0 atom stereocenters. The van der Waals surface area contributed by atoms with Gasteiger partial charge < -0.3 is 10.1 Å². The maximum Gasteiger partial charge on any atom is 0.271 e. The summed E-state index contributed by atoms with van der Waals surface area (Å²) in [6, 6.07) is 6.70. The number of hydrogen-bond donors (Lipinski definition) is 1. The number of hydrogen-bond acceptors (Lipinski definition) is 5. The normalized spacial score (nSPS) is 15.9. The molecule has 25 heavy (non-hydrogen) atoms. The number of para-hydroxylation sites is 1. The van der Waals surface area contributed by atoms with E-state index < -0.39 is 10.0 Å². The number of ether oxygens (including phenoxy) is 1. The van der Waals surface area contributed by atoms with Crippen LogP contribution >= 0.6 is 0 Å². The number of imidazole rings is 1. The minimum absolute atomic E-state index is 0.0673. The lowest BCUT2D eigenvalue weighted by atomic mass is 10.2. The van der Waals surface area contributed by atoms with Crippen molar-refractivity contribution >= 4 is 15.9 Å². The van der Waals surface area contributed by atoms with Crippen LogP contribution in [0.25, 0.3) is 5.69 Å². The SMILES string of the molecule is COCCCNC(=O)c1ncn2c1CN(C)S(=O)(=O)c1ccccc1-2. The van der Waals surface area contributed by atoms with Gasteiger partial charge in [0.25, 0.3) is 5.91 Å². The molecule has 2 aromatic rings. The van der Waals surface area contributed by atoms with E-state index in [-0.39, 0.29) is 23.0 Å². The Morgan fingerprint density at radius 2 is 2.12 bits per heavy atom. The van der Waals surface area contributed by atoms with Gasteiger partial charge in [0.1, 0.15) is 11.2 Å². The molecule has 0 bridgehead atoms. The first kappa shape index (κ1) is 17.6. The van der Waals surface area contributed by atoms with Gasteiger partial charge in [0.05, 0.1) is 17.9 Å². The lowest BCUT2D eigenvalue weighted by molar-refractivity contribution is 0.0942. The Bertz CT molecular complexity index is 891. The molecule has 1 aromatic carbocycles. The van der Waals surface area contributed by atoms with Crippen LogP contribution in [0.2, 0.25) is 0 Å². The second-order valence-electron chi connectivity index (χ2n) is 5.74. The van der Waals surface area contributed by atoms with Crippen molar-refractivity contribution in [1.29, 1.82) is 0 Å². The van der Waals surface area contributed by atoms with Crippen LogP contribution in [0, 0.1) is 0 Å². The molecule has 0 saturated heterocycles. The largest absolute Gasteiger partial charge is 0.385 e. The Morgan fingerprint density at radius 1 is 1.36 bits per heavy atom. The standard InChI is InChI=1S/C16H20N4O4S/c1-19-10-13-15(16(21)17-8-5-9-24-2)18-11-20(13)12-6-3-4-7-14(12)25(19,22)23/h3-4,6-7,11H,5,8-10H2,1-2H3,(H,17,21). The van der Waals surface area contributed by atoms with Crippen molar-refractivity contribution in [2.24, 2.45) is 0 Å². The van der Waals surface area contributed by atoms with Crippen LogP contribution in [0.4, 0.5) is 0 Å². The van der Waals surface area contributed by atoms with Gasteiger partial charge in [-0.05, 0) is 18.6 Å². The van der Waals surface area contributed by atoms with Gasteiger partial charge in [0.15, 0.2) is 5.69 Å². The third-order valence-electron chi connectivity index (χ3n) is 4.08. The van der Waals surface area contributed by atoms with Gasteiger partial charge in [0.2, 0.25) is 10.0 Å². The first-order valence-corrected chi connectivity index (χ1v) is 9.30. The van der Waals surface area contributed by atoms with Crippen molar-refractivity contribution in [3.8, 4) is 5.69 Å². The van der Waals surface area contributed by atoms with Gasteiger partial charge in [-0.1, -0.05) is 12.1 Å². The van der Waals surface area contributed by atoms with Crippen LogP contribution in [0.3, 0.4) is 0 Å². The molecule has 9 heteroatoms. The summed E-state index contributed by atoms with van der Waals surface area (Å²) in [5, 5.41) is 2.79. The number of rotatable bonds is 5. The molecule has 134 valence electrons. The highest BCUT2D eigenvalue weighted by Gasteiger charge is 2.32. The van der Waals surface area contributed by atoms with E-state index in [1.807, 2.05) is 0 Å². The Hall–Kier alpha value is -2.23. The number of methoxy groups -OCH3 is 1. The first-order valence-electron chi connectivity index (χ1n) is 7.86. The predicted octanol–water partition coefficient (Wildman–Crippen LogP) is 0.773. The number of benzene rings is 1. The first-order chi connectivity index (χ1) is 12.0. The molecule has 0 unspecified atom stereocenters. The zero-order valence-electron chi connectivity index (χ0n) is 14.1. The van der Waals surface area contributed by atoms with E-state index in [0.717, 1.165) is 0 Å². The van der Waals surface area contributed by atoms with E-state index in [1.165, 1.54) is 17.7 Å². The minimum atomic E-state index is -3.63. The molecular weight excluding hydrogens is 344 g/mol. The maximum atomic E-state index is 12.7. The Balaban J connectivity index is 1.98. The number of sulfonamides is 1. The molecule has 1 aliphatic rings. The Labute approximate surface area is 146 Å². The fraction of sp³-hybridized carbons (Fsp3) is 0.375. The van der Waals surface area contributed by atoms with E-state index in [2.05, 4.69) is 10.3 Å². The van der Waals surface area contributed by atoms with Gasteiger partial charge in [0, 0.05) is 27.3 Å². The number of aromatic nitrogens is 2. The van der Waals surface area contributed by atoms with E-state index in [0.29, 0.717) is 31.0 Å². The zero-order valence-corrected chi connectivity index (χ0v) is 14.9. The number of carbonyl (C=O) groups is 1. The van der Waals surface area contributed by atoms with Crippen LogP contribution in [0.15, 0.2) is 35.5 Å². The van der Waals surface area contributed by atoms with E-state index in [4.69, 9.17) is 4.74 Å². The number of nitrogens with zero attached hydrogens (tertiary/aromatic N) is 3. The smallest absolute Gasteiger partial charge is 0.271 e. The number of amides is 1. The monoisotopic (exact) mass is 364 g/mol. The van der Waals surface area contributed by atoms with Crippen molar-refractivity contribution in [2.45, 2.75) is 17.9 Å². The molecular formula is C16H20N4O4S. The summed E-state index contributed by atoms with van der Waals surface area (Å²) >= 11 is 0. The average molecular weight is 364 g/mol. The summed E-state index contributed by atoms with van der Waals surface area (Å²) in [5.41, 5.74) is 1.27. The second-order valence-corrected chi connectivity index (χ2v) is 7.75. The molecule has 0 saturated carbocycles. The summed E-state index contributed by atoms with van der Waals surface area (Å²) in [6.07, 6.45) is 2.18. The minimum Gasteiger partial charge on any atom is -0.385 e. The van der Waals surface area contributed by atoms with Crippen molar-refractivity contribution < 1.29 is 17.9 Å². The molecule has 8 nitrogen and oxygen atoms in total. The Kier molecular flexibility index (Phi) is 4.89. The summed E-state index contributed by atoms with van der Waals surface area (Å²) in [7, 11) is -0.528. The fourth-order valence-electron chi connectivity index (χ4n) is 2.76. The van der Waals surface area contributed by atoms with Gasteiger partial charge in [-0.2, -0.15) is 4.31 Å². The molecule has 0 spiro atoms. The molecule has 1 aromatic heterocycles. The van der Waals surface area contributed by atoms with Gasteiger partial charge >= 0.3 is 0 Å². The molecule has 0 aliphatic carbocycles. The maximum absolute atomic E-state index is 12.7. The third kappa shape index (κ3) is 3.17. The molecule has 2 heterocycles. The van der Waals surface area contributed by atoms with Gasteiger partial charge in [-0.25, -0.2) is 13.4 Å². The van der Waals surface area contributed by atoms with E-state index in [9.17, 15) is 13.2 Å². The third-order valence-corrected chi connectivity index (χ3v) is 5.93. The van der Waals surface area contributed by atoms with Crippen molar-refractivity contribution in [2.75, 3.05) is 27.3 Å². The van der Waals surface area contributed by atoms with E-state index >= 15 is 0 Å². The van der Waals surface area contributed by atoms with Crippen LogP contribution in [0.5, 0.6) is 0 Å². The topological polar surface area (TPSA) is 93.5 Å². The highest BCUT2D eigenvalue weighted by atomic mass is 32.2. The molecule has 1 N–H and O–H groups in total. The van der Waals surface area contributed by atoms with Gasteiger partial charge in [-0.15, -0.1) is 0 Å². The predicted molar refractivity (Wildman–Crippen MR) is 91.0 cm³/mol. The summed E-state index contributed by atoms with van der Waals surface area (Å²) in [6.45, 7) is 1.08. The van der Waals surface area contributed by atoms with Crippen molar-refractivity contribution in [3.05, 3.63) is 42.0 Å². The zero-order chi connectivity index (χ0) is 18.0. The van der Waals surface area contributed by atoms with Gasteiger partial charge in [-0.3, -0.25) is 9.36 Å². The van der Waals surface area contributed by atoms with Crippen molar-refractivity contribution in [3.63, 3.8) is 0 Å². The summed E-state index contributed by atoms with van der Waals surface area (Å²) < 4.78 is 33.2. The number of fused-ring (bicyclic) bond motifs is 3. The highest BCUT2D eigenvalue weighted by Crippen LogP contribution is 2.30. The van der Waals surface area contributed by atoms with Crippen LogP contribution in [-0.4, -0.2) is 55.5 Å². The number of nitrogens with one attached hydrogen (secondary N) is 1. The number of carbonyl (C=O) groups excluding carboxylic acids is 1. The van der Waals surface area contributed by atoms with Crippen LogP contribution in [-0.2, 0) is 21.3 Å². The van der Waals surface area contributed by atoms with E-state index in [1.54, 1.807) is 35.9 Å². The molecule has 1 amide bonds. The fourth-order valence-corrected chi connectivity index (χ4v) is 4.07. The molecule has 3 rings (SSSR count). The lowest BCUT2D eigenvalue weighted by Gasteiger charge is -2.14. The Morgan fingerprint density at radius 3 is 2.88 bits per heavy atom. The lowest BCUT2D eigenvalue weighted by Crippen LogP contribution is -2.29. The molecule has 0 radical (unpaired) electrons. The summed E-state index contributed by atoms with van der Waals surface area (Å²) in [5.74, 6) is -0.324. The summed E-state index contributed by atoms with van der Waals surface area (Å²) in [4.78, 5) is 16.9.